The van der Waals surface area contributed by atoms with Crippen molar-refractivity contribution in [3.8, 4) is 0 Å². The molecule has 0 atom stereocenters. The third-order valence-corrected chi connectivity index (χ3v) is 4.71. The lowest BCUT2D eigenvalue weighted by Crippen LogP contribution is -2.44. The van der Waals surface area contributed by atoms with Crippen molar-refractivity contribution >= 4 is 8.24 Å². The van der Waals surface area contributed by atoms with E-state index in [0.29, 0.717) is 0 Å². The Balaban J connectivity index is 2.68. The van der Waals surface area contributed by atoms with E-state index in [1.54, 1.807) is 5.70 Å². The second-order valence-electron chi connectivity index (χ2n) is 4.50. The summed E-state index contributed by atoms with van der Waals surface area (Å²) in [6.45, 7) is 10.7. The van der Waals surface area contributed by atoms with Crippen molar-refractivity contribution < 1.29 is 0 Å². The van der Waals surface area contributed by atoms with Gasteiger partial charge in [-0.3, -0.25) is 0 Å². The Morgan fingerprint density at radius 2 is 2.08 bits per heavy atom. The van der Waals surface area contributed by atoms with Crippen molar-refractivity contribution in [1.82, 2.24) is 4.57 Å². The summed E-state index contributed by atoms with van der Waals surface area (Å²) >= 11 is 0. The number of hydrogen-bond acceptors (Lipinski definition) is 1. The topological polar surface area (TPSA) is 3.24 Å². The standard InChI is InChI=1S/C10H21NSi/c1-5-11(12(2,3)4)10-8-6-7-9-10/h8H,5-7,9H2,1-4H3. The van der Waals surface area contributed by atoms with Gasteiger partial charge in [0.1, 0.15) is 8.24 Å². The third-order valence-electron chi connectivity index (χ3n) is 2.49. The van der Waals surface area contributed by atoms with Crippen molar-refractivity contribution in [2.45, 2.75) is 45.8 Å². The van der Waals surface area contributed by atoms with Gasteiger partial charge in [-0.1, -0.05) is 25.7 Å². The molecule has 0 unspecified atom stereocenters. The third kappa shape index (κ3) is 2.13. The Morgan fingerprint density at radius 3 is 2.42 bits per heavy atom. The molecule has 1 aliphatic carbocycles. The fraction of sp³-hybridized carbons (Fsp3) is 0.800. The van der Waals surface area contributed by atoms with Crippen LogP contribution in [0, 0.1) is 0 Å². The minimum absolute atomic E-state index is 1.09. The Labute approximate surface area is 77.5 Å². The van der Waals surface area contributed by atoms with Crippen molar-refractivity contribution in [2.24, 2.45) is 0 Å². The van der Waals surface area contributed by atoms with Gasteiger partial charge in [-0.05, 0) is 26.2 Å². The molecule has 0 amide bonds. The predicted octanol–water partition coefficient (Wildman–Crippen LogP) is 3.21. The second kappa shape index (κ2) is 3.65. The lowest BCUT2D eigenvalue weighted by Gasteiger charge is -2.36. The Hall–Kier alpha value is -0.243. The molecule has 0 radical (unpaired) electrons. The van der Waals surface area contributed by atoms with Gasteiger partial charge in [0.15, 0.2) is 0 Å². The van der Waals surface area contributed by atoms with E-state index in [9.17, 15) is 0 Å². The zero-order valence-corrected chi connectivity index (χ0v) is 9.85. The van der Waals surface area contributed by atoms with Crippen LogP contribution in [0.25, 0.3) is 0 Å². The van der Waals surface area contributed by atoms with Crippen LogP contribution in [-0.4, -0.2) is 19.3 Å². The van der Waals surface area contributed by atoms with Gasteiger partial charge in [0.2, 0.25) is 0 Å². The molecule has 12 heavy (non-hydrogen) atoms. The van der Waals surface area contributed by atoms with Crippen LogP contribution in [0.2, 0.25) is 19.6 Å². The Kier molecular flexibility index (Phi) is 2.99. The van der Waals surface area contributed by atoms with E-state index in [-0.39, 0.29) is 0 Å². The molecule has 1 nitrogen and oxygen atoms in total. The van der Waals surface area contributed by atoms with E-state index in [4.69, 9.17) is 0 Å². The van der Waals surface area contributed by atoms with E-state index >= 15 is 0 Å². The summed E-state index contributed by atoms with van der Waals surface area (Å²) in [4.78, 5) is 0. The van der Waals surface area contributed by atoms with Crippen LogP contribution in [0.15, 0.2) is 11.8 Å². The average molecular weight is 183 g/mol. The molecule has 2 heteroatoms. The van der Waals surface area contributed by atoms with Crippen molar-refractivity contribution in [2.75, 3.05) is 6.54 Å². The van der Waals surface area contributed by atoms with E-state index < -0.39 is 8.24 Å². The molecular weight excluding hydrogens is 162 g/mol. The summed E-state index contributed by atoms with van der Waals surface area (Å²) in [6.07, 6.45) is 6.42. The predicted molar refractivity (Wildman–Crippen MR) is 57.7 cm³/mol. The summed E-state index contributed by atoms with van der Waals surface area (Å²) in [7, 11) is -1.09. The number of hydrogen-bond donors (Lipinski definition) is 0. The minimum atomic E-state index is -1.09. The van der Waals surface area contributed by atoms with Gasteiger partial charge in [-0.25, -0.2) is 0 Å². The molecule has 0 saturated heterocycles. The van der Waals surface area contributed by atoms with Crippen LogP contribution in [0.1, 0.15) is 26.2 Å². The molecule has 0 aromatic rings. The molecule has 0 aromatic heterocycles. The van der Waals surface area contributed by atoms with Gasteiger partial charge in [-0.15, -0.1) is 0 Å². The van der Waals surface area contributed by atoms with Gasteiger partial charge in [0.05, 0.1) is 0 Å². The van der Waals surface area contributed by atoms with Crippen LogP contribution in [-0.2, 0) is 0 Å². The molecule has 0 fully saturated rings. The zero-order chi connectivity index (χ0) is 9.19. The average Bonchev–Trinajstić information content (AvgIpc) is 2.38. The largest absolute Gasteiger partial charge is 0.402 e. The number of nitrogens with zero attached hydrogens (tertiary/aromatic N) is 1. The number of rotatable bonds is 3. The second-order valence-corrected chi connectivity index (χ2v) is 9.38. The summed E-state index contributed by atoms with van der Waals surface area (Å²) in [6, 6.07) is 0. The zero-order valence-electron chi connectivity index (χ0n) is 8.85. The smallest absolute Gasteiger partial charge is 0.147 e. The highest BCUT2D eigenvalue weighted by molar-refractivity contribution is 6.73. The molecule has 1 rings (SSSR count). The van der Waals surface area contributed by atoms with E-state index in [1.165, 1.54) is 25.8 Å². The molecule has 0 saturated carbocycles. The first kappa shape index (κ1) is 9.84. The quantitative estimate of drug-likeness (QED) is 0.607. The van der Waals surface area contributed by atoms with Crippen LogP contribution >= 0.6 is 0 Å². The molecule has 0 heterocycles. The molecular formula is C10H21NSi. The van der Waals surface area contributed by atoms with Crippen LogP contribution in [0.3, 0.4) is 0 Å². The van der Waals surface area contributed by atoms with Gasteiger partial charge in [-0.2, -0.15) is 0 Å². The van der Waals surface area contributed by atoms with Gasteiger partial charge < -0.3 is 4.57 Å². The minimum Gasteiger partial charge on any atom is -0.402 e. The Morgan fingerprint density at radius 1 is 1.42 bits per heavy atom. The van der Waals surface area contributed by atoms with E-state index in [1.807, 2.05) is 0 Å². The lowest BCUT2D eigenvalue weighted by molar-refractivity contribution is 0.528. The van der Waals surface area contributed by atoms with Crippen LogP contribution in [0.4, 0.5) is 0 Å². The highest BCUT2D eigenvalue weighted by atomic mass is 28.3. The van der Waals surface area contributed by atoms with Crippen LogP contribution < -0.4 is 0 Å². The van der Waals surface area contributed by atoms with E-state index in [0.717, 1.165) is 0 Å². The Bertz CT molecular complexity index is 179. The molecule has 70 valence electrons. The highest BCUT2D eigenvalue weighted by Crippen LogP contribution is 2.25. The molecule has 0 bridgehead atoms. The molecule has 0 spiro atoms. The SMILES string of the molecule is CCN(C1=CCCC1)[Si](C)(C)C. The van der Waals surface area contributed by atoms with Gasteiger partial charge in [0.25, 0.3) is 0 Å². The van der Waals surface area contributed by atoms with Crippen LogP contribution in [0.5, 0.6) is 0 Å². The molecule has 1 aliphatic rings. The first-order valence-corrected chi connectivity index (χ1v) is 8.47. The maximum Gasteiger partial charge on any atom is 0.147 e. The molecule has 0 aromatic carbocycles. The molecule has 0 aliphatic heterocycles. The van der Waals surface area contributed by atoms with Crippen molar-refractivity contribution in [1.29, 1.82) is 0 Å². The summed E-state index contributed by atoms with van der Waals surface area (Å²) in [5.41, 5.74) is 1.62. The normalized spacial score (nSPS) is 17.8. The summed E-state index contributed by atoms with van der Waals surface area (Å²) in [5, 5.41) is 0. The van der Waals surface area contributed by atoms with Gasteiger partial charge in [0, 0.05) is 12.2 Å². The lowest BCUT2D eigenvalue weighted by atomic mass is 10.3. The fourth-order valence-electron chi connectivity index (χ4n) is 2.01. The summed E-state index contributed by atoms with van der Waals surface area (Å²) < 4.78 is 2.65. The van der Waals surface area contributed by atoms with Crippen molar-refractivity contribution in [3.63, 3.8) is 0 Å². The van der Waals surface area contributed by atoms with Crippen molar-refractivity contribution in [3.05, 3.63) is 11.8 Å². The summed E-state index contributed by atoms with van der Waals surface area (Å²) in [5.74, 6) is 0. The fourth-order valence-corrected chi connectivity index (χ4v) is 4.02. The van der Waals surface area contributed by atoms with Gasteiger partial charge >= 0.3 is 0 Å². The first-order chi connectivity index (χ1) is 5.55. The number of allylic oxidation sites excluding steroid dienone is 2. The maximum absolute atomic E-state index is 2.65. The maximum atomic E-state index is 2.65. The first-order valence-electron chi connectivity index (χ1n) is 5.02. The monoisotopic (exact) mass is 183 g/mol. The highest BCUT2D eigenvalue weighted by Gasteiger charge is 2.25. The molecule has 0 N–H and O–H groups in total. The van der Waals surface area contributed by atoms with E-state index in [2.05, 4.69) is 37.2 Å².